The minimum atomic E-state index is -0.122. The average molecular weight is 228 g/mol. The summed E-state index contributed by atoms with van der Waals surface area (Å²) in [5.74, 6) is -0.0431. The summed E-state index contributed by atoms with van der Waals surface area (Å²) in [4.78, 5) is 12.0. The van der Waals surface area contributed by atoms with Gasteiger partial charge in [-0.3, -0.25) is 4.79 Å². The van der Waals surface area contributed by atoms with Gasteiger partial charge in [-0.25, -0.2) is 0 Å². The van der Waals surface area contributed by atoms with E-state index >= 15 is 0 Å². The van der Waals surface area contributed by atoms with Crippen LogP contribution in [0.5, 0.6) is 0 Å². The first-order valence-electron chi connectivity index (χ1n) is 6.35. The summed E-state index contributed by atoms with van der Waals surface area (Å²) in [5.41, 5.74) is 6.02. The van der Waals surface area contributed by atoms with E-state index in [9.17, 15) is 4.79 Å². The van der Waals surface area contributed by atoms with E-state index in [1.165, 1.54) is 6.42 Å². The van der Waals surface area contributed by atoms with Crippen LogP contribution in [0.3, 0.4) is 0 Å². The lowest BCUT2D eigenvalue weighted by atomic mass is 9.94. The van der Waals surface area contributed by atoms with Crippen molar-refractivity contribution in [1.29, 1.82) is 0 Å². The van der Waals surface area contributed by atoms with Crippen molar-refractivity contribution in [3.05, 3.63) is 0 Å². The monoisotopic (exact) mass is 228 g/mol. The highest BCUT2D eigenvalue weighted by Crippen LogP contribution is 2.22. The molecule has 1 saturated carbocycles. The van der Waals surface area contributed by atoms with Crippen LogP contribution in [0, 0.1) is 5.92 Å². The predicted octanol–water partition coefficient (Wildman–Crippen LogP) is 0.781. The number of rotatable bonds is 4. The molecule has 0 aromatic carbocycles. The van der Waals surface area contributed by atoms with Crippen molar-refractivity contribution in [3.63, 3.8) is 0 Å². The van der Waals surface area contributed by atoms with Gasteiger partial charge in [-0.1, -0.05) is 26.2 Å². The topological polar surface area (TPSA) is 75.3 Å². The molecule has 94 valence electrons. The summed E-state index contributed by atoms with van der Waals surface area (Å²) in [6, 6.07) is -0.137. The molecule has 0 aromatic rings. The van der Waals surface area contributed by atoms with Crippen LogP contribution >= 0.6 is 0 Å². The number of nitrogens with one attached hydrogen (secondary N) is 1. The highest BCUT2D eigenvalue weighted by molar-refractivity contribution is 5.79. The van der Waals surface area contributed by atoms with Gasteiger partial charge in [0.1, 0.15) is 0 Å². The Hall–Kier alpha value is -0.610. The van der Waals surface area contributed by atoms with Gasteiger partial charge in [0.05, 0.1) is 18.6 Å². The van der Waals surface area contributed by atoms with Crippen LogP contribution in [-0.2, 0) is 4.79 Å². The van der Waals surface area contributed by atoms with E-state index in [2.05, 4.69) is 5.32 Å². The maximum Gasteiger partial charge on any atom is 0.224 e. The quantitative estimate of drug-likeness (QED) is 0.622. The zero-order valence-electron chi connectivity index (χ0n) is 10.1. The molecule has 0 heterocycles. The molecule has 0 saturated heterocycles. The van der Waals surface area contributed by atoms with Gasteiger partial charge in [0.15, 0.2) is 0 Å². The van der Waals surface area contributed by atoms with E-state index < -0.39 is 0 Å². The Labute approximate surface area is 97.6 Å². The van der Waals surface area contributed by atoms with Gasteiger partial charge in [0, 0.05) is 6.04 Å². The number of aliphatic hydroxyl groups is 1. The van der Waals surface area contributed by atoms with Gasteiger partial charge in [-0.2, -0.15) is 0 Å². The SMILES string of the molecule is CCC(CO)NC(=O)C1CCCCCC1N. The Balaban J connectivity index is 2.50. The second-order valence-corrected chi connectivity index (χ2v) is 4.70. The lowest BCUT2D eigenvalue weighted by Crippen LogP contribution is -2.46. The number of hydrogen-bond donors (Lipinski definition) is 3. The first kappa shape index (κ1) is 13.5. The van der Waals surface area contributed by atoms with Crippen molar-refractivity contribution >= 4 is 5.91 Å². The van der Waals surface area contributed by atoms with Crippen LogP contribution in [0.25, 0.3) is 0 Å². The molecule has 0 spiro atoms. The van der Waals surface area contributed by atoms with Crippen LogP contribution in [-0.4, -0.2) is 29.7 Å². The molecule has 0 radical (unpaired) electrons. The fourth-order valence-electron chi connectivity index (χ4n) is 2.25. The Bertz CT molecular complexity index is 217. The van der Waals surface area contributed by atoms with Gasteiger partial charge in [0.25, 0.3) is 0 Å². The molecule has 4 heteroatoms. The van der Waals surface area contributed by atoms with Crippen LogP contribution in [0.15, 0.2) is 0 Å². The summed E-state index contributed by atoms with van der Waals surface area (Å²) >= 11 is 0. The van der Waals surface area contributed by atoms with E-state index in [1.807, 2.05) is 6.92 Å². The molecule has 3 unspecified atom stereocenters. The molecule has 1 amide bonds. The predicted molar refractivity (Wildman–Crippen MR) is 63.9 cm³/mol. The summed E-state index contributed by atoms with van der Waals surface area (Å²) in [6.07, 6.45) is 5.96. The molecule has 4 nitrogen and oxygen atoms in total. The minimum absolute atomic E-state index is 0.00416. The third-order valence-electron chi connectivity index (χ3n) is 3.47. The average Bonchev–Trinajstić information content (AvgIpc) is 2.50. The molecule has 1 fully saturated rings. The van der Waals surface area contributed by atoms with E-state index in [0.29, 0.717) is 0 Å². The summed E-state index contributed by atoms with van der Waals surface area (Å²) in [7, 11) is 0. The molecule has 0 bridgehead atoms. The molecule has 1 aliphatic rings. The van der Waals surface area contributed by atoms with Gasteiger partial charge >= 0.3 is 0 Å². The van der Waals surface area contributed by atoms with Crippen molar-refractivity contribution in [3.8, 4) is 0 Å². The second-order valence-electron chi connectivity index (χ2n) is 4.70. The first-order valence-corrected chi connectivity index (χ1v) is 6.35. The maximum absolute atomic E-state index is 12.0. The van der Waals surface area contributed by atoms with Crippen molar-refractivity contribution < 1.29 is 9.90 Å². The van der Waals surface area contributed by atoms with Crippen molar-refractivity contribution in [2.45, 2.75) is 57.5 Å². The number of aliphatic hydroxyl groups excluding tert-OH is 1. The number of nitrogens with two attached hydrogens (primary N) is 1. The largest absolute Gasteiger partial charge is 0.394 e. The van der Waals surface area contributed by atoms with Gasteiger partial charge in [-0.15, -0.1) is 0 Å². The van der Waals surface area contributed by atoms with Crippen molar-refractivity contribution in [2.75, 3.05) is 6.61 Å². The summed E-state index contributed by atoms with van der Waals surface area (Å²) < 4.78 is 0. The summed E-state index contributed by atoms with van der Waals surface area (Å²) in [5, 5.41) is 11.9. The number of hydrogen-bond acceptors (Lipinski definition) is 3. The third kappa shape index (κ3) is 3.76. The fourth-order valence-corrected chi connectivity index (χ4v) is 2.25. The van der Waals surface area contributed by atoms with Gasteiger partial charge in [-0.05, 0) is 19.3 Å². The number of carbonyl (C=O) groups excluding carboxylic acids is 1. The Morgan fingerprint density at radius 1 is 1.44 bits per heavy atom. The lowest BCUT2D eigenvalue weighted by Gasteiger charge is -2.23. The van der Waals surface area contributed by atoms with Crippen LogP contribution in [0.1, 0.15) is 45.4 Å². The molecule has 3 atom stereocenters. The zero-order chi connectivity index (χ0) is 12.0. The Morgan fingerprint density at radius 2 is 2.12 bits per heavy atom. The first-order chi connectivity index (χ1) is 7.69. The minimum Gasteiger partial charge on any atom is -0.394 e. The Morgan fingerprint density at radius 3 is 2.75 bits per heavy atom. The molecular formula is C12H24N2O2. The van der Waals surface area contributed by atoms with Crippen molar-refractivity contribution in [2.24, 2.45) is 11.7 Å². The normalized spacial score (nSPS) is 28.2. The van der Waals surface area contributed by atoms with Crippen LogP contribution < -0.4 is 11.1 Å². The molecule has 1 aliphatic carbocycles. The smallest absolute Gasteiger partial charge is 0.224 e. The van der Waals surface area contributed by atoms with Gasteiger partial charge < -0.3 is 16.2 Å². The van der Waals surface area contributed by atoms with E-state index in [1.54, 1.807) is 0 Å². The van der Waals surface area contributed by atoms with Crippen LogP contribution in [0.2, 0.25) is 0 Å². The Kier molecular flexibility index (Phi) is 5.77. The van der Waals surface area contributed by atoms with E-state index in [0.717, 1.165) is 32.1 Å². The molecule has 1 rings (SSSR count). The lowest BCUT2D eigenvalue weighted by molar-refractivity contribution is -0.126. The second kappa shape index (κ2) is 6.86. The molecule has 0 aromatic heterocycles. The molecule has 4 N–H and O–H groups in total. The van der Waals surface area contributed by atoms with Crippen molar-refractivity contribution in [1.82, 2.24) is 5.32 Å². The maximum atomic E-state index is 12.0. The standard InChI is InChI=1S/C12H24N2O2/c1-2-9(8-15)14-12(16)10-6-4-3-5-7-11(10)13/h9-11,15H,2-8,13H2,1H3,(H,14,16). The van der Waals surface area contributed by atoms with Gasteiger partial charge in [0.2, 0.25) is 5.91 Å². The van der Waals surface area contributed by atoms with E-state index in [4.69, 9.17) is 10.8 Å². The fraction of sp³-hybridized carbons (Fsp3) is 0.917. The molecular weight excluding hydrogens is 204 g/mol. The molecule has 16 heavy (non-hydrogen) atoms. The third-order valence-corrected chi connectivity index (χ3v) is 3.47. The highest BCUT2D eigenvalue weighted by atomic mass is 16.3. The summed E-state index contributed by atoms with van der Waals surface area (Å²) in [6.45, 7) is 1.96. The number of amides is 1. The zero-order valence-corrected chi connectivity index (χ0v) is 10.1. The number of carbonyl (C=O) groups is 1. The highest BCUT2D eigenvalue weighted by Gasteiger charge is 2.27. The van der Waals surface area contributed by atoms with E-state index in [-0.39, 0.29) is 30.5 Å². The molecule has 0 aliphatic heterocycles. The van der Waals surface area contributed by atoms with Crippen LogP contribution in [0.4, 0.5) is 0 Å².